The molecule has 0 spiro atoms. The molecule has 0 amide bonds. The second-order valence-electron chi connectivity index (χ2n) is 9.44. The van der Waals surface area contributed by atoms with Crippen LogP contribution < -0.4 is 4.74 Å². The van der Waals surface area contributed by atoms with Gasteiger partial charge in [-0.1, -0.05) is 65.1 Å². The van der Waals surface area contributed by atoms with Gasteiger partial charge in [0.15, 0.2) is 5.65 Å². The molecule has 6 rings (SSSR count). The van der Waals surface area contributed by atoms with Crippen molar-refractivity contribution in [2.45, 2.75) is 12.8 Å². The lowest BCUT2D eigenvalue weighted by Crippen LogP contribution is -2.08. The van der Waals surface area contributed by atoms with Crippen molar-refractivity contribution in [1.29, 1.82) is 0 Å². The van der Waals surface area contributed by atoms with Gasteiger partial charge in [-0.25, -0.2) is 9.67 Å². The molecule has 0 N–H and O–H groups in total. The minimum Gasteiger partial charge on any atom is -0.489 e. The van der Waals surface area contributed by atoms with Gasteiger partial charge in [0.25, 0.3) is 0 Å². The Bertz CT molecular complexity index is 1890. The van der Waals surface area contributed by atoms with Gasteiger partial charge in [0.05, 0.1) is 22.3 Å². The van der Waals surface area contributed by atoms with E-state index >= 15 is 0 Å². The van der Waals surface area contributed by atoms with Gasteiger partial charge in [-0.2, -0.15) is 18.3 Å². The molecule has 2 aromatic heterocycles. The molecule has 0 aliphatic heterocycles. The highest BCUT2D eigenvalue weighted by Crippen LogP contribution is 2.42. The molecule has 0 aliphatic carbocycles. The van der Waals surface area contributed by atoms with E-state index in [-0.39, 0.29) is 22.4 Å². The Hall–Kier alpha value is -4.04. The van der Waals surface area contributed by atoms with Crippen molar-refractivity contribution in [1.82, 2.24) is 14.8 Å². The number of rotatable bonds is 6. The first-order valence-electron chi connectivity index (χ1n) is 12.7. The third kappa shape index (κ3) is 5.81. The van der Waals surface area contributed by atoms with Crippen LogP contribution in [0, 0.1) is 0 Å². The Kier molecular flexibility index (Phi) is 7.58. The fraction of sp³-hybridized carbons (Fsp3) is 0.0625. The van der Waals surface area contributed by atoms with Gasteiger partial charge in [-0.05, 0) is 78.4 Å². The number of ether oxygens (including phenoxy) is 1. The van der Waals surface area contributed by atoms with E-state index in [0.29, 0.717) is 44.2 Å². The number of benzene rings is 4. The van der Waals surface area contributed by atoms with Crippen LogP contribution >= 0.6 is 34.8 Å². The van der Waals surface area contributed by atoms with Crippen molar-refractivity contribution < 1.29 is 17.9 Å². The van der Waals surface area contributed by atoms with Crippen molar-refractivity contribution in [2.75, 3.05) is 0 Å². The summed E-state index contributed by atoms with van der Waals surface area (Å²) in [5.41, 5.74) is 1.77. The van der Waals surface area contributed by atoms with E-state index in [9.17, 15) is 13.2 Å². The molecule has 4 aromatic carbocycles. The van der Waals surface area contributed by atoms with Gasteiger partial charge < -0.3 is 4.74 Å². The fourth-order valence-electron chi connectivity index (χ4n) is 4.55. The smallest absolute Gasteiger partial charge is 0.417 e. The first kappa shape index (κ1) is 28.1. The molecule has 0 atom stereocenters. The van der Waals surface area contributed by atoms with Crippen LogP contribution in [-0.2, 0) is 12.8 Å². The highest BCUT2D eigenvalue weighted by Gasteiger charge is 2.36. The molecule has 0 unspecified atom stereocenters. The van der Waals surface area contributed by atoms with Crippen LogP contribution in [0.2, 0.25) is 15.1 Å². The Morgan fingerprint density at radius 1 is 0.714 bits per heavy atom. The van der Waals surface area contributed by atoms with E-state index in [2.05, 4.69) is 5.10 Å². The third-order valence-corrected chi connectivity index (χ3v) is 7.32. The fourth-order valence-corrected chi connectivity index (χ4v) is 4.99. The quantitative estimate of drug-likeness (QED) is 0.185. The minimum absolute atomic E-state index is 0.0371. The van der Waals surface area contributed by atoms with Crippen molar-refractivity contribution in [3.05, 3.63) is 129 Å². The molecule has 42 heavy (non-hydrogen) atoms. The zero-order valence-corrected chi connectivity index (χ0v) is 23.8. The highest BCUT2D eigenvalue weighted by atomic mass is 35.5. The van der Waals surface area contributed by atoms with Crippen LogP contribution in [0.3, 0.4) is 0 Å². The molecule has 6 aromatic rings. The molecule has 0 saturated heterocycles. The molecule has 2 heterocycles. The maximum absolute atomic E-state index is 14.7. The average molecular weight is 625 g/mol. The Labute approximate surface area is 253 Å². The molecule has 0 bridgehead atoms. The summed E-state index contributed by atoms with van der Waals surface area (Å²) in [5.74, 6) is 0.555. The molecule has 0 aliphatic rings. The van der Waals surface area contributed by atoms with Crippen molar-refractivity contribution in [3.8, 4) is 34.0 Å². The summed E-state index contributed by atoms with van der Waals surface area (Å²) in [6, 6.07) is 28.2. The maximum atomic E-state index is 14.7. The molecular weight excluding hydrogens is 606 g/mol. The number of aromatic nitrogens is 3. The first-order valence-corrected chi connectivity index (χ1v) is 13.8. The second kappa shape index (κ2) is 11.3. The van der Waals surface area contributed by atoms with Crippen LogP contribution in [0.15, 0.2) is 103 Å². The van der Waals surface area contributed by atoms with Gasteiger partial charge in [-0.15, -0.1) is 0 Å². The minimum atomic E-state index is -4.69. The number of halogens is 6. The van der Waals surface area contributed by atoms with Crippen LogP contribution in [-0.4, -0.2) is 14.8 Å². The van der Waals surface area contributed by atoms with Crippen LogP contribution in [0.4, 0.5) is 13.2 Å². The average Bonchev–Trinajstić information content (AvgIpc) is 3.36. The Balaban J connectivity index is 1.47. The largest absolute Gasteiger partial charge is 0.489 e. The number of pyridine rings is 1. The Morgan fingerprint density at radius 2 is 1.36 bits per heavy atom. The predicted octanol–water partition coefficient (Wildman–Crippen LogP) is 10.3. The van der Waals surface area contributed by atoms with Crippen molar-refractivity contribution >= 4 is 45.8 Å². The van der Waals surface area contributed by atoms with E-state index in [4.69, 9.17) is 44.5 Å². The molecule has 0 fully saturated rings. The number of alkyl halides is 3. The molecule has 10 heteroatoms. The van der Waals surface area contributed by atoms with E-state index in [1.807, 2.05) is 12.1 Å². The van der Waals surface area contributed by atoms with Gasteiger partial charge in [-0.3, -0.25) is 0 Å². The molecule has 4 nitrogen and oxygen atoms in total. The van der Waals surface area contributed by atoms with Crippen molar-refractivity contribution in [3.63, 3.8) is 0 Å². The molecule has 0 radical (unpaired) electrons. The molecular formula is C32H19Cl3F3N3O. The highest BCUT2D eigenvalue weighted by molar-refractivity contribution is 6.31. The zero-order valence-electron chi connectivity index (χ0n) is 21.5. The summed E-state index contributed by atoms with van der Waals surface area (Å²) in [6.45, 7) is 0.311. The predicted molar refractivity (Wildman–Crippen MR) is 161 cm³/mol. The van der Waals surface area contributed by atoms with Crippen LogP contribution in [0.5, 0.6) is 5.75 Å². The van der Waals surface area contributed by atoms with Gasteiger partial charge in [0.1, 0.15) is 18.1 Å². The van der Waals surface area contributed by atoms with Crippen LogP contribution in [0.25, 0.3) is 39.2 Å². The topological polar surface area (TPSA) is 39.9 Å². The summed E-state index contributed by atoms with van der Waals surface area (Å²) in [6.07, 6.45) is -4.69. The molecule has 0 saturated carbocycles. The van der Waals surface area contributed by atoms with E-state index in [0.717, 1.165) is 11.6 Å². The second-order valence-corrected chi connectivity index (χ2v) is 10.7. The van der Waals surface area contributed by atoms with E-state index in [1.165, 1.54) is 4.68 Å². The van der Waals surface area contributed by atoms with Gasteiger partial charge in [0, 0.05) is 26.2 Å². The van der Waals surface area contributed by atoms with E-state index in [1.54, 1.807) is 84.9 Å². The third-order valence-electron chi connectivity index (χ3n) is 6.58. The lowest BCUT2D eigenvalue weighted by atomic mass is 10.0. The summed E-state index contributed by atoms with van der Waals surface area (Å²) in [4.78, 5) is 4.70. The van der Waals surface area contributed by atoms with Crippen LogP contribution in [0.1, 0.15) is 11.1 Å². The first-order chi connectivity index (χ1) is 20.2. The standard InChI is InChI=1S/C32H19Cl3F3N3O/c33-22-10-4-19(5-11-22)18-42-26-14-8-20(9-15-26)28-17-27(32(36,37)38)29-30(21-6-12-23(34)13-7-21)40-41(31(29)39-28)25-3-1-2-24(35)16-25/h1-17H,18H2. The van der Waals surface area contributed by atoms with Gasteiger partial charge >= 0.3 is 6.18 Å². The lowest BCUT2D eigenvalue weighted by molar-refractivity contribution is -0.136. The number of hydrogen-bond acceptors (Lipinski definition) is 3. The number of hydrogen-bond donors (Lipinski definition) is 0. The summed E-state index contributed by atoms with van der Waals surface area (Å²) in [7, 11) is 0. The summed E-state index contributed by atoms with van der Waals surface area (Å²) < 4.78 is 51.2. The normalized spacial score (nSPS) is 11.7. The Morgan fingerprint density at radius 3 is 2.00 bits per heavy atom. The van der Waals surface area contributed by atoms with Crippen molar-refractivity contribution in [2.24, 2.45) is 0 Å². The van der Waals surface area contributed by atoms with Gasteiger partial charge in [0.2, 0.25) is 0 Å². The zero-order chi connectivity index (χ0) is 29.4. The lowest BCUT2D eigenvalue weighted by Gasteiger charge is -2.13. The van der Waals surface area contributed by atoms with E-state index < -0.39 is 11.7 Å². The molecule has 210 valence electrons. The summed E-state index contributed by atoms with van der Waals surface area (Å²) in [5, 5.41) is 5.97. The SMILES string of the molecule is FC(F)(F)c1cc(-c2ccc(OCc3ccc(Cl)cc3)cc2)nc2c1c(-c1ccc(Cl)cc1)nn2-c1cccc(Cl)c1. The number of nitrogens with zero attached hydrogens (tertiary/aromatic N) is 3. The maximum Gasteiger partial charge on any atom is 0.417 e. The summed E-state index contributed by atoms with van der Waals surface area (Å²) >= 11 is 18.2. The monoisotopic (exact) mass is 623 g/mol. The number of fused-ring (bicyclic) bond motifs is 1.